The van der Waals surface area contributed by atoms with E-state index in [9.17, 15) is 0 Å². The average molecular weight is 496 g/mol. The van der Waals surface area contributed by atoms with Gasteiger partial charge in [0.15, 0.2) is 0 Å². The Labute approximate surface area is 175 Å². The molecule has 0 fully saturated rings. The summed E-state index contributed by atoms with van der Waals surface area (Å²) in [6, 6.07) is 20.1. The van der Waals surface area contributed by atoms with E-state index in [0.717, 1.165) is 36.5 Å². The van der Waals surface area contributed by atoms with Crippen LogP contribution in [-0.4, -0.2) is 0 Å². The molecule has 0 aliphatic rings. The molecule has 3 aromatic carbocycles. The van der Waals surface area contributed by atoms with Crippen LogP contribution in [0.3, 0.4) is 0 Å². The maximum absolute atomic E-state index is 6.07. The molecule has 2 nitrogen and oxygen atoms in total. The lowest BCUT2D eigenvalue weighted by Gasteiger charge is -2.12. The van der Waals surface area contributed by atoms with E-state index in [1.165, 1.54) is 5.56 Å². The number of rotatable bonds is 6. The smallest absolute Gasteiger partial charge is 0.134 e. The molecular weight excluding hydrogens is 477 g/mol. The molecule has 3 rings (SSSR count). The first-order valence-corrected chi connectivity index (χ1v) is 10.1. The van der Waals surface area contributed by atoms with E-state index in [-0.39, 0.29) is 0 Å². The van der Waals surface area contributed by atoms with E-state index in [1.807, 2.05) is 48.5 Å². The predicted molar refractivity (Wildman–Crippen MR) is 116 cm³/mol. The first-order valence-electron chi connectivity index (χ1n) is 8.17. The van der Waals surface area contributed by atoms with Crippen molar-refractivity contribution in [2.75, 3.05) is 5.32 Å². The lowest BCUT2D eigenvalue weighted by molar-refractivity contribution is 0.304. The molecule has 3 aromatic rings. The molecule has 0 aromatic heterocycles. The third-order valence-electron chi connectivity index (χ3n) is 3.99. The molecule has 26 heavy (non-hydrogen) atoms. The Morgan fingerprint density at radius 2 is 1.65 bits per heavy atom. The molecule has 0 heterocycles. The number of hydrogen-bond donors (Lipinski definition) is 1. The van der Waals surface area contributed by atoms with Crippen molar-refractivity contribution in [3.05, 3.63) is 91.3 Å². The van der Waals surface area contributed by atoms with E-state index < -0.39 is 0 Å². The van der Waals surface area contributed by atoms with Crippen LogP contribution in [0.1, 0.15) is 16.7 Å². The molecule has 0 bridgehead atoms. The zero-order valence-electron chi connectivity index (χ0n) is 14.2. The number of ether oxygens (including phenoxy) is 1. The van der Waals surface area contributed by atoms with Gasteiger partial charge in [0.25, 0.3) is 0 Å². The second-order valence-electron chi connectivity index (χ2n) is 5.99. The zero-order valence-corrected chi connectivity index (χ0v) is 18.2. The van der Waals surface area contributed by atoms with Crippen LogP contribution in [0.2, 0.25) is 5.02 Å². The first-order chi connectivity index (χ1) is 12.5. The van der Waals surface area contributed by atoms with Gasteiger partial charge < -0.3 is 10.1 Å². The fraction of sp³-hybridized carbons (Fsp3) is 0.143. The number of aryl methyl sites for hydroxylation is 1. The van der Waals surface area contributed by atoms with Gasteiger partial charge in [-0.3, -0.25) is 0 Å². The molecule has 0 aliphatic heterocycles. The molecule has 1 N–H and O–H groups in total. The summed E-state index contributed by atoms with van der Waals surface area (Å²) in [6.07, 6.45) is 0. The average Bonchev–Trinajstić information content (AvgIpc) is 2.63. The van der Waals surface area contributed by atoms with Crippen LogP contribution < -0.4 is 10.1 Å². The van der Waals surface area contributed by atoms with Crippen LogP contribution in [0, 0.1) is 6.92 Å². The van der Waals surface area contributed by atoms with Crippen molar-refractivity contribution in [1.82, 2.24) is 0 Å². The summed E-state index contributed by atoms with van der Waals surface area (Å²) in [5.41, 5.74) is 4.50. The van der Waals surface area contributed by atoms with E-state index in [1.54, 1.807) is 0 Å². The Hall–Kier alpha value is -1.49. The van der Waals surface area contributed by atoms with Crippen molar-refractivity contribution >= 4 is 49.1 Å². The van der Waals surface area contributed by atoms with Gasteiger partial charge in [0.05, 0.1) is 4.47 Å². The lowest BCUT2D eigenvalue weighted by Crippen LogP contribution is -2.02. The van der Waals surface area contributed by atoms with Crippen LogP contribution in [0.4, 0.5) is 5.69 Å². The highest BCUT2D eigenvalue weighted by atomic mass is 79.9. The zero-order chi connectivity index (χ0) is 18.5. The van der Waals surface area contributed by atoms with E-state index in [4.69, 9.17) is 16.3 Å². The number of benzene rings is 3. The molecular formula is C21H18Br2ClNO. The van der Waals surface area contributed by atoms with Gasteiger partial charge in [-0.1, -0.05) is 51.8 Å². The Kier molecular flexibility index (Phi) is 6.63. The van der Waals surface area contributed by atoms with E-state index >= 15 is 0 Å². The van der Waals surface area contributed by atoms with Crippen molar-refractivity contribution < 1.29 is 4.74 Å². The van der Waals surface area contributed by atoms with Crippen LogP contribution in [-0.2, 0) is 13.2 Å². The van der Waals surface area contributed by atoms with Gasteiger partial charge >= 0.3 is 0 Å². The van der Waals surface area contributed by atoms with Crippen molar-refractivity contribution in [3.8, 4) is 5.75 Å². The third-order valence-corrected chi connectivity index (χ3v) is 5.37. The largest absolute Gasteiger partial charge is 0.488 e. The van der Waals surface area contributed by atoms with E-state index in [0.29, 0.717) is 13.2 Å². The van der Waals surface area contributed by atoms with Gasteiger partial charge in [-0.25, -0.2) is 0 Å². The molecule has 0 unspecified atom stereocenters. The van der Waals surface area contributed by atoms with Gasteiger partial charge in [0.1, 0.15) is 12.4 Å². The summed E-state index contributed by atoms with van der Waals surface area (Å²) >= 11 is 13.1. The van der Waals surface area contributed by atoms with Crippen molar-refractivity contribution in [2.45, 2.75) is 20.1 Å². The number of halogens is 3. The van der Waals surface area contributed by atoms with Crippen LogP contribution in [0.25, 0.3) is 0 Å². The normalized spacial score (nSPS) is 10.6. The maximum atomic E-state index is 6.07. The Morgan fingerprint density at radius 3 is 2.38 bits per heavy atom. The topological polar surface area (TPSA) is 21.3 Å². The van der Waals surface area contributed by atoms with Crippen LogP contribution in [0.5, 0.6) is 5.75 Å². The summed E-state index contributed by atoms with van der Waals surface area (Å²) in [5, 5.41) is 4.16. The minimum absolute atomic E-state index is 0.533. The highest BCUT2D eigenvalue weighted by Gasteiger charge is 2.05. The van der Waals surface area contributed by atoms with Crippen molar-refractivity contribution in [3.63, 3.8) is 0 Å². The maximum Gasteiger partial charge on any atom is 0.134 e. The fourth-order valence-electron chi connectivity index (χ4n) is 2.50. The van der Waals surface area contributed by atoms with Gasteiger partial charge in [-0.2, -0.15) is 0 Å². The molecule has 5 heteroatoms. The third kappa shape index (κ3) is 5.26. The summed E-state index contributed by atoms with van der Waals surface area (Å²) in [6.45, 7) is 3.31. The van der Waals surface area contributed by atoms with Gasteiger partial charge in [-0.15, -0.1) is 0 Å². The summed E-state index contributed by atoms with van der Waals surface area (Å²) in [4.78, 5) is 0. The highest BCUT2D eigenvalue weighted by molar-refractivity contribution is 9.10. The number of nitrogens with one attached hydrogen (secondary N) is 1. The second kappa shape index (κ2) is 8.94. The molecule has 0 amide bonds. The molecule has 0 aliphatic carbocycles. The second-order valence-corrected chi connectivity index (χ2v) is 8.20. The predicted octanol–water partition coefficient (Wildman–Crippen LogP) is 7.36. The number of hydrogen-bond acceptors (Lipinski definition) is 2. The fourth-order valence-corrected chi connectivity index (χ4v) is 3.47. The van der Waals surface area contributed by atoms with Gasteiger partial charge in [-0.05, 0) is 75.9 Å². The quantitative estimate of drug-likeness (QED) is 0.386. The van der Waals surface area contributed by atoms with Crippen LogP contribution in [0.15, 0.2) is 69.6 Å². The molecule has 0 atom stereocenters. The SMILES string of the molecule is Cc1ccc(Cl)cc1NCc1ccc(OCc2ccc(Br)cc2)c(Br)c1. The van der Waals surface area contributed by atoms with E-state index in [2.05, 4.69) is 56.2 Å². The Bertz CT molecular complexity index is 897. The Balaban J connectivity index is 1.61. The summed E-state index contributed by atoms with van der Waals surface area (Å²) in [5.74, 6) is 0.829. The van der Waals surface area contributed by atoms with Crippen LogP contribution >= 0.6 is 43.5 Å². The van der Waals surface area contributed by atoms with Crippen molar-refractivity contribution in [2.24, 2.45) is 0 Å². The summed E-state index contributed by atoms with van der Waals surface area (Å²) < 4.78 is 7.92. The molecule has 0 saturated carbocycles. The van der Waals surface area contributed by atoms with Gasteiger partial charge in [0.2, 0.25) is 0 Å². The summed E-state index contributed by atoms with van der Waals surface area (Å²) in [7, 11) is 0. The molecule has 0 saturated heterocycles. The highest BCUT2D eigenvalue weighted by Crippen LogP contribution is 2.28. The monoisotopic (exact) mass is 493 g/mol. The molecule has 0 radical (unpaired) electrons. The minimum Gasteiger partial charge on any atom is -0.488 e. The van der Waals surface area contributed by atoms with Gasteiger partial charge in [0, 0.05) is 21.7 Å². The lowest BCUT2D eigenvalue weighted by atomic mass is 10.1. The van der Waals surface area contributed by atoms with Crippen molar-refractivity contribution in [1.29, 1.82) is 0 Å². The molecule has 0 spiro atoms. The number of anilines is 1. The molecule has 134 valence electrons. The first kappa shape index (κ1) is 19.3. The minimum atomic E-state index is 0.533. The Morgan fingerprint density at radius 1 is 0.923 bits per heavy atom. The standard InChI is InChI=1S/C21H18Br2ClNO/c1-14-2-8-18(24)11-20(14)25-12-16-5-9-21(19(23)10-16)26-13-15-3-6-17(22)7-4-15/h2-11,25H,12-13H2,1H3.